The molecular weight excluding hydrogens is 224 g/mol. The van der Waals surface area contributed by atoms with Crippen molar-refractivity contribution in [3.8, 4) is 0 Å². The number of nitrogens with zero attached hydrogens (tertiary/aromatic N) is 1. The SMILES string of the molecule is Cc1cccc(NC(C)(CO)c2ccccn2)c1. The van der Waals surface area contributed by atoms with Crippen LogP contribution >= 0.6 is 0 Å². The van der Waals surface area contributed by atoms with Crippen LogP contribution in [0.3, 0.4) is 0 Å². The molecule has 3 heteroatoms. The fourth-order valence-corrected chi connectivity index (χ4v) is 1.92. The van der Waals surface area contributed by atoms with E-state index in [-0.39, 0.29) is 6.61 Å². The van der Waals surface area contributed by atoms with Gasteiger partial charge in [-0.2, -0.15) is 0 Å². The summed E-state index contributed by atoms with van der Waals surface area (Å²) in [6.07, 6.45) is 1.74. The Balaban J connectivity index is 2.29. The molecule has 0 aliphatic heterocycles. The molecule has 1 unspecified atom stereocenters. The number of rotatable bonds is 4. The van der Waals surface area contributed by atoms with Gasteiger partial charge in [-0.1, -0.05) is 18.2 Å². The zero-order valence-corrected chi connectivity index (χ0v) is 10.7. The van der Waals surface area contributed by atoms with Gasteiger partial charge in [-0.3, -0.25) is 4.98 Å². The molecule has 2 rings (SSSR count). The van der Waals surface area contributed by atoms with Gasteiger partial charge in [0.1, 0.15) is 0 Å². The summed E-state index contributed by atoms with van der Waals surface area (Å²) in [7, 11) is 0. The quantitative estimate of drug-likeness (QED) is 0.866. The maximum absolute atomic E-state index is 9.67. The van der Waals surface area contributed by atoms with Gasteiger partial charge in [0.2, 0.25) is 0 Å². The molecule has 1 aromatic heterocycles. The zero-order valence-electron chi connectivity index (χ0n) is 10.7. The molecule has 1 aromatic carbocycles. The number of aliphatic hydroxyl groups excluding tert-OH is 1. The summed E-state index contributed by atoms with van der Waals surface area (Å²) in [4.78, 5) is 4.32. The molecule has 0 bridgehead atoms. The number of aromatic nitrogens is 1. The minimum Gasteiger partial charge on any atom is -0.394 e. The van der Waals surface area contributed by atoms with Crippen LogP contribution in [0.4, 0.5) is 5.69 Å². The Kier molecular flexibility index (Phi) is 3.63. The lowest BCUT2D eigenvalue weighted by atomic mass is 9.97. The summed E-state index contributed by atoms with van der Waals surface area (Å²) in [5.74, 6) is 0. The van der Waals surface area contributed by atoms with Crippen LogP contribution in [0.5, 0.6) is 0 Å². The molecule has 3 nitrogen and oxygen atoms in total. The van der Waals surface area contributed by atoms with Crippen molar-refractivity contribution in [2.24, 2.45) is 0 Å². The van der Waals surface area contributed by atoms with E-state index in [2.05, 4.69) is 16.4 Å². The summed E-state index contributed by atoms with van der Waals surface area (Å²) in [5.41, 5.74) is 2.42. The van der Waals surface area contributed by atoms with Crippen molar-refractivity contribution in [1.29, 1.82) is 0 Å². The number of anilines is 1. The Bertz CT molecular complexity index is 513. The maximum Gasteiger partial charge on any atom is 0.1000 e. The Morgan fingerprint density at radius 1 is 1.22 bits per heavy atom. The Labute approximate surface area is 108 Å². The third-order valence-electron chi connectivity index (χ3n) is 2.98. The van der Waals surface area contributed by atoms with Crippen molar-refractivity contribution >= 4 is 5.69 Å². The van der Waals surface area contributed by atoms with E-state index in [0.717, 1.165) is 11.4 Å². The van der Waals surface area contributed by atoms with Crippen molar-refractivity contribution < 1.29 is 5.11 Å². The minimum absolute atomic E-state index is 0.0159. The second kappa shape index (κ2) is 5.19. The largest absolute Gasteiger partial charge is 0.394 e. The van der Waals surface area contributed by atoms with Crippen LogP contribution in [0, 0.1) is 6.92 Å². The van der Waals surface area contributed by atoms with Crippen molar-refractivity contribution in [2.45, 2.75) is 19.4 Å². The third kappa shape index (κ3) is 2.68. The molecule has 1 heterocycles. The minimum atomic E-state index is -0.574. The molecule has 0 aliphatic rings. The van der Waals surface area contributed by atoms with E-state index < -0.39 is 5.54 Å². The van der Waals surface area contributed by atoms with Crippen LogP contribution < -0.4 is 5.32 Å². The number of pyridine rings is 1. The van der Waals surface area contributed by atoms with Crippen LogP contribution in [-0.2, 0) is 5.54 Å². The monoisotopic (exact) mass is 242 g/mol. The average molecular weight is 242 g/mol. The van der Waals surface area contributed by atoms with Gasteiger partial charge in [-0.25, -0.2) is 0 Å². The molecule has 18 heavy (non-hydrogen) atoms. The van der Waals surface area contributed by atoms with Crippen LogP contribution in [0.15, 0.2) is 48.7 Å². The van der Waals surface area contributed by atoms with E-state index >= 15 is 0 Å². The van der Waals surface area contributed by atoms with E-state index in [1.54, 1.807) is 6.20 Å². The normalized spacial score (nSPS) is 13.9. The molecule has 0 aliphatic carbocycles. The summed E-state index contributed by atoms with van der Waals surface area (Å²) in [6.45, 7) is 3.97. The van der Waals surface area contributed by atoms with Gasteiger partial charge < -0.3 is 10.4 Å². The number of nitrogens with one attached hydrogen (secondary N) is 1. The number of benzene rings is 1. The first kappa shape index (κ1) is 12.6. The van der Waals surface area contributed by atoms with Crippen molar-refractivity contribution in [3.05, 3.63) is 59.9 Å². The maximum atomic E-state index is 9.67. The van der Waals surface area contributed by atoms with Crippen molar-refractivity contribution in [2.75, 3.05) is 11.9 Å². The second-order valence-electron chi connectivity index (χ2n) is 4.70. The van der Waals surface area contributed by atoms with Gasteiger partial charge in [-0.05, 0) is 43.7 Å². The van der Waals surface area contributed by atoms with Gasteiger partial charge in [-0.15, -0.1) is 0 Å². The van der Waals surface area contributed by atoms with E-state index in [1.165, 1.54) is 5.56 Å². The molecule has 94 valence electrons. The lowest BCUT2D eigenvalue weighted by Gasteiger charge is -2.29. The highest BCUT2D eigenvalue weighted by Gasteiger charge is 2.26. The van der Waals surface area contributed by atoms with Gasteiger partial charge in [0.05, 0.1) is 17.8 Å². The Morgan fingerprint density at radius 3 is 2.67 bits per heavy atom. The Hall–Kier alpha value is -1.87. The molecule has 2 N–H and O–H groups in total. The second-order valence-corrected chi connectivity index (χ2v) is 4.70. The number of hydrogen-bond donors (Lipinski definition) is 2. The summed E-state index contributed by atoms with van der Waals surface area (Å²) in [6, 6.07) is 13.8. The van der Waals surface area contributed by atoms with Gasteiger partial charge >= 0.3 is 0 Å². The highest BCUT2D eigenvalue weighted by atomic mass is 16.3. The number of hydrogen-bond acceptors (Lipinski definition) is 3. The van der Waals surface area contributed by atoms with E-state index in [1.807, 2.05) is 50.2 Å². The fourth-order valence-electron chi connectivity index (χ4n) is 1.92. The van der Waals surface area contributed by atoms with Crippen molar-refractivity contribution in [1.82, 2.24) is 4.98 Å². The van der Waals surface area contributed by atoms with E-state index in [9.17, 15) is 5.11 Å². The topological polar surface area (TPSA) is 45.1 Å². The molecule has 0 saturated heterocycles. The molecular formula is C15H18N2O. The van der Waals surface area contributed by atoms with E-state index in [0.29, 0.717) is 0 Å². The van der Waals surface area contributed by atoms with Gasteiger partial charge in [0, 0.05) is 11.9 Å². The average Bonchev–Trinajstić information content (AvgIpc) is 2.39. The van der Waals surface area contributed by atoms with Crippen molar-refractivity contribution in [3.63, 3.8) is 0 Å². The van der Waals surface area contributed by atoms with Crippen LogP contribution in [0.2, 0.25) is 0 Å². The lowest BCUT2D eigenvalue weighted by Crippen LogP contribution is -2.36. The van der Waals surface area contributed by atoms with Crippen LogP contribution in [0.1, 0.15) is 18.2 Å². The van der Waals surface area contributed by atoms with E-state index in [4.69, 9.17) is 0 Å². The fraction of sp³-hybridized carbons (Fsp3) is 0.267. The summed E-state index contributed by atoms with van der Waals surface area (Å²) >= 11 is 0. The molecule has 1 atom stereocenters. The summed E-state index contributed by atoms with van der Waals surface area (Å²) < 4.78 is 0. The Morgan fingerprint density at radius 2 is 2.06 bits per heavy atom. The lowest BCUT2D eigenvalue weighted by molar-refractivity contribution is 0.221. The molecule has 0 amide bonds. The van der Waals surface area contributed by atoms with Gasteiger partial charge in [0.25, 0.3) is 0 Å². The van der Waals surface area contributed by atoms with Crippen LogP contribution in [0.25, 0.3) is 0 Å². The molecule has 0 saturated carbocycles. The number of aryl methyl sites for hydroxylation is 1. The predicted molar refractivity (Wildman–Crippen MR) is 73.5 cm³/mol. The zero-order chi connectivity index (χ0) is 13.0. The first-order valence-corrected chi connectivity index (χ1v) is 6.01. The smallest absolute Gasteiger partial charge is 0.1000 e. The summed E-state index contributed by atoms with van der Waals surface area (Å²) in [5, 5.41) is 13.0. The first-order valence-electron chi connectivity index (χ1n) is 6.01. The highest BCUT2D eigenvalue weighted by Crippen LogP contribution is 2.24. The molecule has 0 fully saturated rings. The third-order valence-corrected chi connectivity index (χ3v) is 2.98. The molecule has 2 aromatic rings. The predicted octanol–water partition coefficient (Wildman–Crippen LogP) is 2.71. The standard InChI is InChI=1S/C15H18N2O/c1-12-6-5-7-13(10-12)17-15(2,11-18)14-8-3-4-9-16-14/h3-10,17-18H,11H2,1-2H3. The van der Waals surface area contributed by atoms with Gasteiger partial charge in [0.15, 0.2) is 0 Å². The molecule has 0 radical (unpaired) electrons. The van der Waals surface area contributed by atoms with Crippen LogP contribution in [-0.4, -0.2) is 16.7 Å². The first-order chi connectivity index (χ1) is 8.64. The number of aliphatic hydroxyl groups is 1. The highest BCUT2D eigenvalue weighted by molar-refractivity contribution is 5.48. The molecule has 0 spiro atoms.